The predicted molar refractivity (Wildman–Crippen MR) is 91.7 cm³/mol. The van der Waals surface area contributed by atoms with Crippen LogP contribution in [0.4, 0.5) is 0 Å². The van der Waals surface area contributed by atoms with Crippen LogP contribution in [0.15, 0.2) is 22.4 Å². The lowest BCUT2D eigenvalue weighted by Gasteiger charge is -2.10. The van der Waals surface area contributed by atoms with Crippen molar-refractivity contribution in [2.24, 2.45) is 0 Å². The van der Waals surface area contributed by atoms with E-state index in [1.807, 2.05) is 5.38 Å². The van der Waals surface area contributed by atoms with Gasteiger partial charge in [-0.1, -0.05) is 11.6 Å². The van der Waals surface area contributed by atoms with E-state index in [-0.39, 0.29) is 16.1 Å². The van der Waals surface area contributed by atoms with Crippen molar-refractivity contribution in [3.8, 4) is 5.13 Å². The van der Waals surface area contributed by atoms with Gasteiger partial charge in [0.05, 0.1) is 11.1 Å². The number of pyridine rings is 2. The highest BCUT2D eigenvalue weighted by Gasteiger charge is 2.27. The van der Waals surface area contributed by atoms with Crippen molar-refractivity contribution < 1.29 is 9.90 Å². The number of aryl methyl sites for hydroxylation is 1. The molecule has 0 amide bonds. The number of hydrogen-bond acceptors (Lipinski definition) is 5. The second-order valence-electron chi connectivity index (χ2n) is 5.84. The molecule has 0 aromatic carbocycles. The number of carboxylic acids is 1. The third-order valence-electron chi connectivity index (χ3n) is 4.07. The number of rotatable bonds is 3. The number of thiazole rings is 1. The summed E-state index contributed by atoms with van der Waals surface area (Å²) in [5.41, 5.74) is 1.04. The Balaban J connectivity index is 2.07. The van der Waals surface area contributed by atoms with Crippen molar-refractivity contribution >= 4 is 39.9 Å². The number of halogens is 1. The van der Waals surface area contributed by atoms with Gasteiger partial charge in [0.25, 0.3) is 0 Å². The highest BCUT2D eigenvalue weighted by Crippen LogP contribution is 2.40. The maximum atomic E-state index is 12.5. The first-order valence-corrected chi connectivity index (χ1v) is 8.63. The molecule has 0 saturated heterocycles. The first-order chi connectivity index (χ1) is 11.5. The van der Waals surface area contributed by atoms with Crippen LogP contribution in [0, 0.1) is 6.92 Å². The van der Waals surface area contributed by atoms with Crippen LogP contribution in [0.2, 0.25) is 5.15 Å². The average Bonchev–Trinajstić information content (AvgIpc) is 3.25. The zero-order valence-electron chi connectivity index (χ0n) is 12.6. The second kappa shape index (κ2) is 5.39. The number of nitrogens with zero attached hydrogens (tertiary/aromatic N) is 3. The summed E-state index contributed by atoms with van der Waals surface area (Å²) in [6, 6.07) is 1.55. The third-order valence-corrected chi connectivity index (χ3v) is 5.12. The van der Waals surface area contributed by atoms with E-state index < -0.39 is 11.4 Å². The number of aromatic nitrogens is 3. The first kappa shape index (κ1) is 15.3. The molecule has 1 aliphatic carbocycles. The molecule has 3 heterocycles. The van der Waals surface area contributed by atoms with Crippen LogP contribution in [0.5, 0.6) is 0 Å². The molecule has 6 nitrogen and oxygen atoms in total. The fourth-order valence-electron chi connectivity index (χ4n) is 2.71. The molecule has 0 unspecified atom stereocenters. The van der Waals surface area contributed by atoms with Gasteiger partial charge in [-0.15, -0.1) is 11.3 Å². The predicted octanol–water partition coefficient (Wildman–Crippen LogP) is 3.38. The van der Waals surface area contributed by atoms with E-state index >= 15 is 0 Å². The van der Waals surface area contributed by atoms with Gasteiger partial charge in [0, 0.05) is 17.5 Å². The van der Waals surface area contributed by atoms with Gasteiger partial charge in [0.15, 0.2) is 10.8 Å². The normalized spacial score (nSPS) is 14.2. The second-order valence-corrected chi connectivity index (χ2v) is 7.06. The molecule has 0 bridgehead atoms. The zero-order valence-corrected chi connectivity index (χ0v) is 14.2. The van der Waals surface area contributed by atoms with Gasteiger partial charge in [0.1, 0.15) is 10.7 Å². The summed E-state index contributed by atoms with van der Waals surface area (Å²) in [7, 11) is 0. The summed E-state index contributed by atoms with van der Waals surface area (Å²) in [5, 5.41) is 12.4. The molecule has 3 aromatic rings. The summed E-state index contributed by atoms with van der Waals surface area (Å²) < 4.78 is 1.55. The molecular formula is C16H12ClN3O3S. The lowest BCUT2D eigenvalue weighted by Crippen LogP contribution is -2.20. The Morgan fingerprint density at radius 2 is 2.17 bits per heavy atom. The van der Waals surface area contributed by atoms with Gasteiger partial charge in [0.2, 0.25) is 5.43 Å². The van der Waals surface area contributed by atoms with E-state index in [9.17, 15) is 14.7 Å². The maximum Gasteiger partial charge on any atom is 0.341 e. The van der Waals surface area contributed by atoms with E-state index in [0.717, 1.165) is 18.5 Å². The minimum absolute atomic E-state index is 0.246. The van der Waals surface area contributed by atoms with Crippen molar-refractivity contribution in [1.29, 1.82) is 0 Å². The first-order valence-electron chi connectivity index (χ1n) is 7.37. The minimum Gasteiger partial charge on any atom is -0.477 e. The molecule has 1 N–H and O–H groups in total. The largest absolute Gasteiger partial charge is 0.477 e. The Morgan fingerprint density at radius 1 is 1.42 bits per heavy atom. The molecule has 1 saturated carbocycles. The van der Waals surface area contributed by atoms with Crippen LogP contribution in [-0.4, -0.2) is 25.6 Å². The quantitative estimate of drug-likeness (QED) is 0.723. The van der Waals surface area contributed by atoms with Gasteiger partial charge >= 0.3 is 5.97 Å². The Hall–Kier alpha value is -2.25. The number of aromatic carboxylic acids is 1. The molecule has 0 atom stereocenters. The van der Waals surface area contributed by atoms with Gasteiger partial charge < -0.3 is 5.11 Å². The van der Waals surface area contributed by atoms with Crippen molar-refractivity contribution in [2.45, 2.75) is 25.7 Å². The summed E-state index contributed by atoms with van der Waals surface area (Å²) in [4.78, 5) is 32.8. The van der Waals surface area contributed by atoms with Gasteiger partial charge in [-0.25, -0.2) is 14.8 Å². The Labute approximate surface area is 145 Å². The summed E-state index contributed by atoms with van der Waals surface area (Å²) in [5.74, 6) is -0.790. The van der Waals surface area contributed by atoms with Crippen LogP contribution >= 0.6 is 22.9 Å². The van der Waals surface area contributed by atoms with E-state index in [1.54, 1.807) is 17.6 Å². The topological polar surface area (TPSA) is 85.1 Å². The standard InChI is InChI=1S/C16H12ClN3O3S/c1-7-4-11(17)19-14-12(7)13(21)9(15(22)23)5-20(14)16-18-10(6-24-16)8-2-3-8/h4-6,8H,2-3H2,1H3,(H,22,23). The van der Waals surface area contributed by atoms with Gasteiger partial charge in [-0.05, 0) is 31.4 Å². The van der Waals surface area contributed by atoms with Gasteiger partial charge in [-0.2, -0.15) is 0 Å². The summed E-state index contributed by atoms with van der Waals surface area (Å²) in [6.45, 7) is 1.71. The SMILES string of the molecule is Cc1cc(Cl)nc2c1c(=O)c(C(=O)O)cn2-c1nc(C2CC2)cs1. The summed E-state index contributed by atoms with van der Waals surface area (Å²) >= 11 is 7.44. The maximum absolute atomic E-state index is 12.5. The fraction of sp³-hybridized carbons (Fsp3) is 0.250. The molecule has 0 radical (unpaired) electrons. The van der Waals surface area contributed by atoms with Crippen molar-refractivity contribution in [2.75, 3.05) is 0 Å². The highest BCUT2D eigenvalue weighted by atomic mass is 35.5. The molecule has 0 spiro atoms. The number of hydrogen-bond donors (Lipinski definition) is 1. The van der Waals surface area contributed by atoms with Crippen LogP contribution in [0.1, 0.15) is 40.4 Å². The van der Waals surface area contributed by atoms with Crippen LogP contribution in [0.25, 0.3) is 16.2 Å². The molecule has 4 rings (SSSR count). The van der Waals surface area contributed by atoms with Crippen LogP contribution < -0.4 is 5.43 Å². The third kappa shape index (κ3) is 2.40. The Kier molecular flexibility index (Phi) is 3.43. The van der Waals surface area contributed by atoms with Crippen molar-refractivity contribution in [3.63, 3.8) is 0 Å². The molecular weight excluding hydrogens is 350 g/mol. The fourth-order valence-corrected chi connectivity index (χ4v) is 3.83. The monoisotopic (exact) mass is 361 g/mol. The average molecular weight is 362 g/mol. The van der Waals surface area contributed by atoms with Crippen LogP contribution in [0.3, 0.4) is 0 Å². The minimum atomic E-state index is -1.27. The molecule has 1 aliphatic rings. The van der Waals surface area contributed by atoms with E-state index in [1.165, 1.54) is 17.5 Å². The Morgan fingerprint density at radius 3 is 2.83 bits per heavy atom. The number of carbonyl (C=O) groups is 1. The molecule has 8 heteroatoms. The molecule has 122 valence electrons. The molecule has 24 heavy (non-hydrogen) atoms. The van der Waals surface area contributed by atoms with Crippen LogP contribution in [-0.2, 0) is 0 Å². The molecule has 3 aromatic heterocycles. The van der Waals surface area contributed by atoms with Crippen molar-refractivity contribution in [3.05, 3.63) is 49.8 Å². The van der Waals surface area contributed by atoms with Crippen molar-refractivity contribution in [1.82, 2.24) is 14.5 Å². The Bertz CT molecular complexity index is 1050. The van der Waals surface area contributed by atoms with E-state index in [0.29, 0.717) is 22.3 Å². The van der Waals surface area contributed by atoms with Gasteiger partial charge in [-0.3, -0.25) is 9.36 Å². The number of carboxylic acid groups (broad SMARTS) is 1. The smallest absolute Gasteiger partial charge is 0.341 e. The highest BCUT2D eigenvalue weighted by molar-refractivity contribution is 7.12. The van der Waals surface area contributed by atoms with E-state index in [2.05, 4.69) is 9.97 Å². The number of fused-ring (bicyclic) bond motifs is 1. The lowest BCUT2D eigenvalue weighted by molar-refractivity contribution is 0.0695. The molecule has 1 fully saturated rings. The lowest BCUT2D eigenvalue weighted by atomic mass is 10.1. The zero-order chi connectivity index (χ0) is 17.0. The van der Waals surface area contributed by atoms with E-state index in [4.69, 9.17) is 11.6 Å². The summed E-state index contributed by atoms with van der Waals surface area (Å²) in [6.07, 6.45) is 3.53. The molecule has 0 aliphatic heterocycles.